The molecule has 1 aromatic carbocycles. The molecule has 0 N–H and O–H groups in total. The zero-order valence-corrected chi connectivity index (χ0v) is 12.5. The molecule has 104 valence electrons. The maximum absolute atomic E-state index is 12.8. The molecule has 0 radical (unpaired) electrons. The first-order valence-corrected chi connectivity index (χ1v) is 6.88. The third-order valence-electron chi connectivity index (χ3n) is 2.68. The van der Waals surface area contributed by atoms with E-state index in [4.69, 9.17) is 5.26 Å². The van der Waals surface area contributed by atoms with Crippen molar-refractivity contribution < 1.29 is 13.2 Å². The lowest BCUT2D eigenvalue weighted by atomic mass is 10.1. The second kappa shape index (κ2) is 5.44. The summed E-state index contributed by atoms with van der Waals surface area (Å²) in [4.78, 5) is 3.68. The zero-order chi connectivity index (χ0) is 14.9. The Morgan fingerprint density at radius 1 is 1.30 bits per heavy atom. The van der Waals surface area contributed by atoms with Gasteiger partial charge in [0.2, 0.25) is 0 Å². The quantitative estimate of drug-likeness (QED) is 0.563. The largest absolute Gasteiger partial charge is 0.434 e. The van der Waals surface area contributed by atoms with Crippen molar-refractivity contribution in [2.45, 2.75) is 17.1 Å². The summed E-state index contributed by atoms with van der Waals surface area (Å²) in [5.41, 5.74) is 0.0776. The third-order valence-corrected chi connectivity index (χ3v) is 3.28. The van der Waals surface area contributed by atoms with Crippen molar-refractivity contribution in [2.24, 2.45) is 0 Å². The van der Waals surface area contributed by atoms with Crippen molar-refractivity contribution in [3.8, 4) is 17.5 Å². The van der Waals surface area contributed by atoms with Crippen LogP contribution in [0.3, 0.4) is 0 Å². The summed E-state index contributed by atoms with van der Waals surface area (Å²) in [6.07, 6.45) is -3.47. The highest BCUT2D eigenvalue weighted by Gasteiger charge is 2.35. The van der Waals surface area contributed by atoms with Gasteiger partial charge in [0.1, 0.15) is 5.82 Å². The number of benzene rings is 1. The molecule has 0 spiro atoms. The molecule has 1 aromatic heterocycles. The molecule has 3 nitrogen and oxygen atoms in total. The van der Waals surface area contributed by atoms with Gasteiger partial charge in [-0.05, 0) is 31.2 Å². The van der Waals surface area contributed by atoms with Crippen LogP contribution >= 0.6 is 22.6 Å². The second-order valence-corrected chi connectivity index (χ2v) is 5.92. The number of halogens is 4. The fourth-order valence-corrected chi connectivity index (χ4v) is 2.13. The molecule has 0 fully saturated rings. The first-order chi connectivity index (χ1) is 9.32. The summed E-state index contributed by atoms with van der Waals surface area (Å²) in [5, 5.41) is 8.73. The van der Waals surface area contributed by atoms with Crippen LogP contribution in [0.25, 0.3) is 11.4 Å². The molecule has 2 aromatic rings. The predicted molar refractivity (Wildman–Crippen MR) is 76.1 cm³/mol. The Morgan fingerprint density at radius 2 is 1.90 bits per heavy atom. The Balaban J connectivity index is 2.54. The average Bonchev–Trinajstić information content (AvgIpc) is 2.84. The van der Waals surface area contributed by atoms with E-state index < -0.39 is 11.9 Å². The Kier molecular flexibility index (Phi) is 4.04. The van der Waals surface area contributed by atoms with Crippen LogP contribution in [0, 0.1) is 11.3 Å². The van der Waals surface area contributed by atoms with E-state index in [9.17, 15) is 13.2 Å². The minimum atomic E-state index is -4.47. The first-order valence-electron chi connectivity index (χ1n) is 5.63. The molecular weight excluding hydrogens is 382 g/mol. The number of nitrogens with zero attached hydrogens (tertiary/aromatic N) is 3. The lowest BCUT2D eigenvalue weighted by molar-refractivity contribution is -0.140. The van der Waals surface area contributed by atoms with Gasteiger partial charge in [0.25, 0.3) is 0 Å². The van der Waals surface area contributed by atoms with E-state index in [-0.39, 0.29) is 9.87 Å². The summed E-state index contributed by atoms with van der Waals surface area (Å²) in [5.74, 6) is 0.240. The topological polar surface area (TPSA) is 41.6 Å². The fourth-order valence-electron chi connectivity index (χ4n) is 1.71. The number of rotatable bonds is 2. The average molecular weight is 391 g/mol. The maximum atomic E-state index is 12.8. The highest BCUT2D eigenvalue weighted by Crippen LogP contribution is 2.33. The van der Waals surface area contributed by atoms with Gasteiger partial charge in [0, 0.05) is 11.8 Å². The van der Waals surface area contributed by atoms with Crippen LogP contribution in [0.4, 0.5) is 13.2 Å². The Hall–Kier alpha value is -1.56. The number of hydrogen-bond donors (Lipinski definition) is 0. The van der Waals surface area contributed by atoms with Gasteiger partial charge < -0.3 is 4.57 Å². The number of imidazole rings is 1. The number of aromatic nitrogens is 2. The van der Waals surface area contributed by atoms with Gasteiger partial charge >= 0.3 is 6.18 Å². The van der Waals surface area contributed by atoms with Gasteiger partial charge in [0.05, 0.1) is 15.7 Å². The molecular formula is C13H9F3IN3. The molecule has 0 aliphatic carbocycles. The summed E-state index contributed by atoms with van der Waals surface area (Å²) in [6.45, 7) is 1.77. The van der Waals surface area contributed by atoms with E-state index in [1.165, 1.54) is 4.57 Å². The van der Waals surface area contributed by atoms with Crippen LogP contribution in [0.5, 0.6) is 0 Å². The van der Waals surface area contributed by atoms with E-state index in [0.29, 0.717) is 11.1 Å². The van der Waals surface area contributed by atoms with Gasteiger partial charge in [-0.2, -0.15) is 18.4 Å². The van der Waals surface area contributed by atoms with E-state index in [1.54, 1.807) is 31.2 Å². The van der Waals surface area contributed by atoms with E-state index in [2.05, 4.69) is 4.98 Å². The molecule has 0 saturated carbocycles. The monoisotopic (exact) mass is 391 g/mol. The first kappa shape index (κ1) is 14.8. The highest BCUT2D eigenvalue weighted by atomic mass is 127. The molecule has 1 heterocycles. The molecule has 1 atom stereocenters. The van der Waals surface area contributed by atoms with Crippen LogP contribution < -0.4 is 0 Å². The molecule has 7 heteroatoms. The van der Waals surface area contributed by atoms with Crippen molar-refractivity contribution in [3.05, 3.63) is 41.7 Å². The standard InChI is InChI=1S/C13H9F3IN3/c1-8(17)20-7-11(13(14,15)16)19-12(20)10-4-2-9(6-18)3-5-10/h2-5,7-8H,1H3. The predicted octanol–water partition coefficient (Wildman–Crippen LogP) is 4.39. The Labute approximate surface area is 127 Å². The molecule has 0 aliphatic heterocycles. The molecule has 1 unspecified atom stereocenters. The lowest BCUT2D eigenvalue weighted by Gasteiger charge is -2.09. The van der Waals surface area contributed by atoms with Crippen molar-refractivity contribution in [3.63, 3.8) is 0 Å². The molecule has 0 aliphatic rings. The van der Waals surface area contributed by atoms with E-state index >= 15 is 0 Å². The molecule has 0 saturated heterocycles. The van der Waals surface area contributed by atoms with E-state index in [1.807, 2.05) is 28.7 Å². The Morgan fingerprint density at radius 3 is 2.35 bits per heavy atom. The van der Waals surface area contributed by atoms with Crippen LogP contribution in [0.1, 0.15) is 22.2 Å². The summed E-state index contributed by atoms with van der Waals surface area (Å²) < 4.78 is 39.6. The second-order valence-electron chi connectivity index (χ2n) is 4.12. The van der Waals surface area contributed by atoms with Gasteiger partial charge in [0.15, 0.2) is 5.69 Å². The molecule has 20 heavy (non-hydrogen) atoms. The minimum Gasteiger partial charge on any atom is -0.318 e. The fraction of sp³-hybridized carbons (Fsp3) is 0.231. The van der Waals surface area contributed by atoms with Crippen molar-refractivity contribution in [2.75, 3.05) is 0 Å². The van der Waals surface area contributed by atoms with Crippen molar-refractivity contribution in [1.82, 2.24) is 9.55 Å². The van der Waals surface area contributed by atoms with Gasteiger partial charge in [-0.1, -0.05) is 22.6 Å². The van der Waals surface area contributed by atoms with Gasteiger partial charge in [-0.25, -0.2) is 4.98 Å². The number of nitriles is 1. The van der Waals surface area contributed by atoms with Crippen LogP contribution in [0.2, 0.25) is 0 Å². The Bertz CT molecular complexity index is 651. The summed E-state index contributed by atoms with van der Waals surface area (Å²) >= 11 is 2.02. The molecule has 2 rings (SSSR count). The third kappa shape index (κ3) is 2.95. The normalized spacial score (nSPS) is 13.0. The highest BCUT2D eigenvalue weighted by molar-refractivity contribution is 14.1. The lowest BCUT2D eigenvalue weighted by Crippen LogP contribution is -2.05. The van der Waals surface area contributed by atoms with E-state index in [0.717, 1.165) is 6.20 Å². The SMILES string of the molecule is CC(I)n1cc(C(F)(F)F)nc1-c1ccc(C#N)cc1. The molecule has 0 bridgehead atoms. The minimum absolute atomic E-state index is 0.179. The summed E-state index contributed by atoms with van der Waals surface area (Å²) in [6, 6.07) is 8.26. The van der Waals surface area contributed by atoms with Crippen molar-refractivity contribution >= 4 is 22.6 Å². The maximum Gasteiger partial charge on any atom is 0.434 e. The van der Waals surface area contributed by atoms with Crippen LogP contribution in [0.15, 0.2) is 30.5 Å². The molecule has 0 amide bonds. The van der Waals surface area contributed by atoms with Crippen molar-refractivity contribution in [1.29, 1.82) is 5.26 Å². The van der Waals surface area contributed by atoms with Gasteiger partial charge in [-0.15, -0.1) is 0 Å². The van der Waals surface area contributed by atoms with Gasteiger partial charge in [-0.3, -0.25) is 0 Å². The smallest absolute Gasteiger partial charge is 0.318 e. The number of alkyl halides is 4. The van der Waals surface area contributed by atoms with Crippen LogP contribution in [-0.4, -0.2) is 9.55 Å². The number of hydrogen-bond acceptors (Lipinski definition) is 2. The zero-order valence-electron chi connectivity index (χ0n) is 10.3. The van der Waals surface area contributed by atoms with Crippen LogP contribution in [-0.2, 0) is 6.18 Å². The summed E-state index contributed by atoms with van der Waals surface area (Å²) in [7, 11) is 0.